The van der Waals surface area contributed by atoms with Crippen molar-refractivity contribution in [3.05, 3.63) is 336 Å². The van der Waals surface area contributed by atoms with Gasteiger partial charge in [-0.05, 0) is 193 Å². The van der Waals surface area contributed by atoms with Crippen molar-refractivity contribution in [2.75, 3.05) is 19.6 Å². The van der Waals surface area contributed by atoms with E-state index in [0.29, 0.717) is 10.0 Å². The zero-order valence-electron chi connectivity index (χ0n) is 46.3. The molecule has 0 saturated heterocycles. The Morgan fingerprint density at radius 2 is 0.530 bits per heavy atom. The second-order valence-corrected chi connectivity index (χ2v) is 21.5. The van der Waals surface area contributed by atoms with Gasteiger partial charge in [0.15, 0.2) is 0 Å². The number of rotatable bonds is 19. The molecule has 0 heterocycles. The van der Waals surface area contributed by atoms with Gasteiger partial charge in [0, 0.05) is 79.4 Å². The van der Waals surface area contributed by atoms with Crippen LogP contribution >= 0.6 is 23.2 Å². The molecule has 0 aliphatic heterocycles. The Labute approximate surface area is 499 Å². The van der Waals surface area contributed by atoms with Gasteiger partial charge in [-0.1, -0.05) is 200 Å². The van der Waals surface area contributed by atoms with E-state index in [1.807, 2.05) is 18.2 Å². The fourth-order valence-electron chi connectivity index (χ4n) is 11.0. The number of para-hydroxylation sites is 5. The lowest BCUT2D eigenvalue weighted by molar-refractivity contribution is 0.795. The van der Waals surface area contributed by atoms with Crippen LogP contribution in [0.5, 0.6) is 0 Å². The Balaban J connectivity index is 0.823. The van der Waals surface area contributed by atoms with Gasteiger partial charge >= 0.3 is 0 Å². The molecule has 0 spiro atoms. The van der Waals surface area contributed by atoms with Crippen molar-refractivity contribution >= 4 is 91.5 Å². The molecule has 0 aliphatic rings. The molecule has 12 rings (SSSR count). The average Bonchev–Trinajstić information content (AvgIpc) is 3.73. The molecule has 0 aromatic heterocycles. The topological polar surface area (TPSA) is 13.0 Å². The van der Waals surface area contributed by atoms with Gasteiger partial charge < -0.3 is 19.6 Å². The summed E-state index contributed by atoms with van der Waals surface area (Å²) in [6, 6.07) is 109. The summed E-state index contributed by atoms with van der Waals surface area (Å²) in [4.78, 5) is 9.15. The van der Waals surface area contributed by atoms with E-state index in [0.717, 1.165) is 116 Å². The van der Waals surface area contributed by atoms with Crippen molar-refractivity contribution in [2.45, 2.75) is 32.6 Å². The van der Waals surface area contributed by atoms with E-state index >= 15 is 0 Å². The molecule has 404 valence electrons. The van der Waals surface area contributed by atoms with Crippen molar-refractivity contribution in [3.8, 4) is 22.3 Å². The van der Waals surface area contributed by atoms with E-state index in [1.165, 1.54) is 16.7 Å². The molecule has 0 aliphatic carbocycles. The van der Waals surface area contributed by atoms with Crippen LogP contribution in [0.4, 0.5) is 68.2 Å². The number of hydrogen-bond donors (Lipinski definition) is 0. The van der Waals surface area contributed by atoms with Crippen LogP contribution in [0.2, 0.25) is 10.0 Å². The molecule has 12 aromatic rings. The van der Waals surface area contributed by atoms with Crippen molar-refractivity contribution in [2.24, 2.45) is 0 Å². The molecule has 0 saturated carbocycles. The van der Waals surface area contributed by atoms with Crippen LogP contribution in [-0.2, 0) is 12.8 Å². The maximum absolute atomic E-state index is 7.38. The number of halogens is 2. The number of benzene rings is 12. The van der Waals surface area contributed by atoms with Crippen molar-refractivity contribution in [1.29, 1.82) is 0 Å². The molecule has 6 heteroatoms. The van der Waals surface area contributed by atoms with Crippen LogP contribution in [0.15, 0.2) is 309 Å². The average molecular weight is 1110 g/mol. The molecule has 4 nitrogen and oxygen atoms in total. The largest absolute Gasteiger partial charge is 0.311 e. The van der Waals surface area contributed by atoms with Crippen molar-refractivity contribution in [3.63, 3.8) is 0 Å². The van der Waals surface area contributed by atoms with E-state index < -0.39 is 0 Å². The summed E-state index contributed by atoms with van der Waals surface area (Å²) >= 11 is 14.6. The van der Waals surface area contributed by atoms with Gasteiger partial charge in [0.1, 0.15) is 0 Å². The lowest BCUT2D eigenvalue weighted by Gasteiger charge is -2.27. The Bertz CT molecular complexity index is 3970. The van der Waals surface area contributed by atoms with Crippen LogP contribution in [0.25, 0.3) is 22.3 Å². The third-order valence-corrected chi connectivity index (χ3v) is 15.8. The first kappa shape index (κ1) is 54.0. The SMILES string of the molecule is CCCCc1ccc(N(c2cccc(Cc3cccc(N(c4ccccc4)c4ccc(-c5ccc(N(c6ccccc6)c6ccccc6)cc5)cc4)c3)c2)c2ccc(-c3ccc(N(c4ccccc4)c4ccccc4)cc3Cl)c(Cl)c2)cc1. The van der Waals surface area contributed by atoms with E-state index in [2.05, 4.69) is 318 Å². The zero-order valence-corrected chi connectivity index (χ0v) is 47.8. The highest BCUT2D eigenvalue weighted by molar-refractivity contribution is 6.37. The summed E-state index contributed by atoms with van der Waals surface area (Å²) in [7, 11) is 0. The van der Waals surface area contributed by atoms with Crippen LogP contribution in [0.1, 0.15) is 36.5 Å². The van der Waals surface area contributed by atoms with Gasteiger partial charge in [-0.3, -0.25) is 0 Å². The minimum absolute atomic E-state index is 0.610. The minimum atomic E-state index is 0.610. The number of unbranched alkanes of at least 4 members (excludes halogenated alkanes) is 1. The van der Waals surface area contributed by atoms with Crippen LogP contribution in [0.3, 0.4) is 0 Å². The number of aryl methyl sites for hydroxylation is 1. The lowest BCUT2D eigenvalue weighted by Crippen LogP contribution is -2.11. The molecular weight excluding hydrogens is 1050 g/mol. The number of nitrogens with zero attached hydrogens (tertiary/aromatic N) is 4. The molecule has 0 fully saturated rings. The van der Waals surface area contributed by atoms with Gasteiger partial charge in [0.25, 0.3) is 0 Å². The fourth-order valence-corrected chi connectivity index (χ4v) is 11.6. The van der Waals surface area contributed by atoms with Gasteiger partial charge in [0.2, 0.25) is 0 Å². The molecule has 0 atom stereocenters. The first-order chi connectivity index (χ1) is 40.9. The molecule has 0 unspecified atom stereocenters. The fraction of sp³-hybridized carbons (Fsp3) is 0.0649. The summed E-state index contributed by atoms with van der Waals surface area (Å²) in [5, 5.41) is 1.22. The van der Waals surface area contributed by atoms with E-state index in [4.69, 9.17) is 23.2 Å². The van der Waals surface area contributed by atoms with Crippen molar-refractivity contribution in [1.82, 2.24) is 0 Å². The second-order valence-electron chi connectivity index (χ2n) is 20.7. The smallest absolute Gasteiger partial charge is 0.0505 e. The van der Waals surface area contributed by atoms with Gasteiger partial charge in [-0.2, -0.15) is 0 Å². The van der Waals surface area contributed by atoms with E-state index in [1.54, 1.807) is 0 Å². The van der Waals surface area contributed by atoms with Crippen molar-refractivity contribution < 1.29 is 0 Å². The Hall–Kier alpha value is -9.58. The van der Waals surface area contributed by atoms with Crippen LogP contribution in [-0.4, -0.2) is 0 Å². The third kappa shape index (κ3) is 12.4. The summed E-state index contributed by atoms with van der Waals surface area (Å²) in [5.41, 5.74) is 20.4. The lowest BCUT2D eigenvalue weighted by atomic mass is 10.0. The maximum atomic E-state index is 7.38. The van der Waals surface area contributed by atoms with Crippen LogP contribution in [0, 0.1) is 0 Å². The minimum Gasteiger partial charge on any atom is -0.311 e. The highest BCUT2D eigenvalue weighted by Crippen LogP contribution is 2.44. The van der Waals surface area contributed by atoms with Gasteiger partial charge in [-0.15, -0.1) is 0 Å². The quantitative estimate of drug-likeness (QED) is 0.0800. The normalized spacial score (nSPS) is 11.0. The molecule has 0 amide bonds. The number of anilines is 12. The highest BCUT2D eigenvalue weighted by Gasteiger charge is 2.20. The Kier molecular flexibility index (Phi) is 16.6. The predicted octanol–water partition coefficient (Wildman–Crippen LogP) is 23.1. The molecular formula is C77H62Cl2N4. The van der Waals surface area contributed by atoms with Gasteiger partial charge in [-0.25, -0.2) is 0 Å². The maximum Gasteiger partial charge on any atom is 0.0505 e. The molecule has 0 N–H and O–H groups in total. The predicted molar refractivity (Wildman–Crippen MR) is 354 cm³/mol. The van der Waals surface area contributed by atoms with E-state index in [9.17, 15) is 0 Å². The molecule has 12 aromatic carbocycles. The molecule has 83 heavy (non-hydrogen) atoms. The van der Waals surface area contributed by atoms with E-state index in [-0.39, 0.29) is 0 Å². The van der Waals surface area contributed by atoms with Crippen LogP contribution < -0.4 is 19.6 Å². The third-order valence-electron chi connectivity index (χ3n) is 15.1. The summed E-state index contributed by atoms with van der Waals surface area (Å²) in [6.07, 6.45) is 4.08. The molecule has 0 radical (unpaired) electrons. The zero-order chi connectivity index (χ0) is 56.3. The van der Waals surface area contributed by atoms with Gasteiger partial charge in [0.05, 0.1) is 10.0 Å². The Morgan fingerprint density at radius 3 is 0.867 bits per heavy atom. The number of hydrogen-bond acceptors (Lipinski definition) is 4. The second kappa shape index (κ2) is 25.5. The Morgan fingerprint density at radius 1 is 0.253 bits per heavy atom. The summed E-state index contributed by atoms with van der Waals surface area (Å²) in [6.45, 7) is 2.24. The molecule has 0 bridgehead atoms. The summed E-state index contributed by atoms with van der Waals surface area (Å²) < 4.78 is 0. The highest BCUT2D eigenvalue weighted by atomic mass is 35.5. The standard InChI is InChI=1S/C77H62Cl2N4/c1-2-3-21-57-36-42-67(43-37-57)83(73-49-51-75(77(79)56-73)74-50-48-72(55-76(74)78)81(64-28-13-6-14-29-64)65-30-15-7-16-31-65)71-35-20-23-59(54-71)52-58-22-19-34-70(53-58)82(66-32-17-8-18-33-66)69-46-40-61(41-47-69)60-38-44-68(45-39-60)80(62-24-9-4-10-25-62)63-26-11-5-12-27-63/h4-20,22-51,53-56H,2-3,21,52H2,1H3. The monoisotopic (exact) mass is 1110 g/mol. The summed E-state index contributed by atoms with van der Waals surface area (Å²) in [5.74, 6) is 0. The first-order valence-corrected chi connectivity index (χ1v) is 29.2. The first-order valence-electron chi connectivity index (χ1n) is 28.5.